The summed E-state index contributed by atoms with van der Waals surface area (Å²) in [6.45, 7) is 1.54. The van der Waals surface area contributed by atoms with Crippen molar-refractivity contribution < 1.29 is 4.79 Å². The molecular weight excluding hydrogens is 279 g/mol. The van der Waals surface area contributed by atoms with Crippen LogP contribution in [0.2, 0.25) is 10.2 Å². The maximum absolute atomic E-state index is 12.3. The quantitative estimate of drug-likeness (QED) is 0.746. The Morgan fingerprint density at radius 1 is 1.35 bits per heavy atom. The third-order valence-electron chi connectivity index (χ3n) is 2.56. The van der Waals surface area contributed by atoms with Crippen LogP contribution in [0.3, 0.4) is 0 Å². The molecule has 92 valence electrons. The molecule has 17 heavy (non-hydrogen) atoms. The molecule has 0 aromatic carbocycles. The van der Waals surface area contributed by atoms with Crippen molar-refractivity contribution in [3.63, 3.8) is 0 Å². The zero-order valence-electron chi connectivity index (χ0n) is 9.16. The van der Waals surface area contributed by atoms with Crippen LogP contribution in [-0.4, -0.2) is 40.4 Å². The Balaban J connectivity index is 2.20. The molecule has 0 spiro atoms. The first-order valence-electron chi connectivity index (χ1n) is 5.36. The molecule has 1 fully saturated rings. The average Bonchev–Trinajstić information content (AvgIpc) is 2.60. The molecule has 1 aliphatic heterocycles. The molecule has 0 saturated carbocycles. The monoisotopic (exact) mass is 290 g/mol. The SMILES string of the molecule is O=C(c1cc(Cl)ncc1Cl)N1CCCSCC1. The fourth-order valence-corrected chi connectivity index (χ4v) is 2.93. The number of rotatable bonds is 1. The van der Waals surface area contributed by atoms with E-state index in [4.69, 9.17) is 23.2 Å². The van der Waals surface area contributed by atoms with Gasteiger partial charge in [0.05, 0.1) is 10.6 Å². The number of thioether (sulfide) groups is 1. The lowest BCUT2D eigenvalue weighted by Crippen LogP contribution is -2.33. The Labute approximate surface area is 114 Å². The maximum Gasteiger partial charge on any atom is 0.255 e. The summed E-state index contributed by atoms with van der Waals surface area (Å²) < 4.78 is 0. The van der Waals surface area contributed by atoms with Gasteiger partial charge in [0.25, 0.3) is 5.91 Å². The second-order valence-corrected chi connectivity index (χ2v) is 5.76. The highest BCUT2D eigenvalue weighted by atomic mass is 35.5. The summed E-state index contributed by atoms with van der Waals surface area (Å²) in [5.74, 6) is 2.03. The van der Waals surface area contributed by atoms with Crippen LogP contribution >= 0.6 is 35.0 Å². The third kappa shape index (κ3) is 3.27. The zero-order valence-corrected chi connectivity index (χ0v) is 11.5. The number of pyridine rings is 1. The van der Waals surface area contributed by atoms with E-state index in [0.29, 0.717) is 15.7 Å². The molecule has 2 rings (SSSR count). The minimum absolute atomic E-state index is 0.0539. The molecule has 0 atom stereocenters. The second-order valence-electron chi connectivity index (χ2n) is 3.74. The molecule has 0 aliphatic carbocycles. The molecule has 1 aromatic rings. The highest BCUT2D eigenvalue weighted by Crippen LogP contribution is 2.21. The summed E-state index contributed by atoms with van der Waals surface area (Å²) in [7, 11) is 0. The van der Waals surface area contributed by atoms with Gasteiger partial charge in [-0.2, -0.15) is 11.8 Å². The van der Waals surface area contributed by atoms with Crippen molar-refractivity contribution in [2.45, 2.75) is 6.42 Å². The van der Waals surface area contributed by atoms with Crippen LogP contribution in [-0.2, 0) is 0 Å². The fraction of sp³-hybridized carbons (Fsp3) is 0.455. The summed E-state index contributed by atoms with van der Waals surface area (Å²) in [6.07, 6.45) is 2.44. The van der Waals surface area contributed by atoms with Gasteiger partial charge < -0.3 is 4.90 Å². The molecule has 2 heterocycles. The van der Waals surface area contributed by atoms with Gasteiger partial charge in [0.1, 0.15) is 5.15 Å². The van der Waals surface area contributed by atoms with E-state index in [1.165, 1.54) is 12.3 Å². The number of hydrogen-bond donors (Lipinski definition) is 0. The first kappa shape index (κ1) is 13.0. The van der Waals surface area contributed by atoms with Crippen molar-refractivity contribution in [1.82, 2.24) is 9.88 Å². The normalized spacial score (nSPS) is 16.7. The number of carbonyl (C=O) groups is 1. The van der Waals surface area contributed by atoms with E-state index in [9.17, 15) is 4.79 Å². The summed E-state index contributed by atoms with van der Waals surface area (Å²) in [5.41, 5.74) is 0.443. The van der Waals surface area contributed by atoms with Crippen LogP contribution in [0.4, 0.5) is 0 Å². The number of aromatic nitrogens is 1. The molecule has 1 saturated heterocycles. The van der Waals surface area contributed by atoms with Crippen molar-refractivity contribution >= 4 is 40.9 Å². The van der Waals surface area contributed by atoms with Gasteiger partial charge in [-0.1, -0.05) is 23.2 Å². The average molecular weight is 291 g/mol. The van der Waals surface area contributed by atoms with Crippen LogP contribution in [0.5, 0.6) is 0 Å². The van der Waals surface area contributed by atoms with Crippen LogP contribution < -0.4 is 0 Å². The maximum atomic E-state index is 12.3. The number of amides is 1. The van der Waals surface area contributed by atoms with E-state index in [1.54, 1.807) is 0 Å². The third-order valence-corrected chi connectivity index (χ3v) is 4.12. The summed E-state index contributed by atoms with van der Waals surface area (Å²) in [6, 6.07) is 1.53. The van der Waals surface area contributed by atoms with Crippen LogP contribution in [0, 0.1) is 0 Å². The molecule has 0 radical (unpaired) electrons. The lowest BCUT2D eigenvalue weighted by molar-refractivity contribution is 0.0768. The topological polar surface area (TPSA) is 33.2 Å². The van der Waals surface area contributed by atoms with E-state index in [-0.39, 0.29) is 5.91 Å². The van der Waals surface area contributed by atoms with Gasteiger partial charge in [-0.05, 0) is 18.2 Å². The minimum atomic E-state index is -0.0539. The van der Waals surface area contributed by atoms with Crippen molar-refractivity contribution in [3.8, 4) is 0 Å². The Hall–Kier alpha value is -0.450. The van der Waals surface area contributed by atoms with Crippen molar-refractivity contribution in [3.05, 3.63) is 28.0 Å². The van der Waals surface area contributed by atoms with Crippen LogP contribution in [0.1, 0.15) is 16.8 Å². The fourth-order valence-electron chi connectivity index (χ4n) is 1.70. The van der Waals surface area contributed by atoms with Gasteiger partial charge in [-0.3, -0.25) is 4.79 Å². The van der Waals surface area contributed by atoms with E-state index >= 15 is 0 Å². The highest BCUT2D eigenvalue weighted by molar-refractivity contribution is 7.99. The molecule has 1 aromatic heterocycles. The molecular formula is C11H12Cl2N2OS. The Morgan fingerprint density at radius 2 is 2.18 bits per heavy atom. The molecule has 0 bridgehead atoms. The highest BCUT2D eigenvalue weighted by Gasteiger charge is 2.20. The molecule has 6 heteroatoms. The zero-order chi connectivity index (χ0) is 12.3. The van der Waals surface area contributed by atoms with Gasteiger partial charge in [0.15, 0.2) is 0 Å². The number of hydrogen-bond acceptors (Lipinski definition) is 3. The first-order chi connectivity index (χ1) is 8.18. The Morgan fingerprint density at radius 3 is 3.00 bits per heavy atom. The first-order valence-corrected chi connectivity index (χ1v) is 7.27. The summed E-state index contributed by atoms with van der Waals surface area (Å²) >= 11 is 13.6. The number of carbonyl (C=O) groups excluding carboxylic acids is 1. The molecule has 0 unspecified atom stereocenters. The van der Waals surface area contributed by atoms with Crippen molar-refractivity contribution in [2.24, 2.45) is 0 Å². The largest absolute Gasteiger partial charge is 0.338 e. The van der Waals surface area contributed by atoms with Crippen LogP contribution in [0.25, 0.3) is 0 Å². The summed E-state index contributed by atoms with van der Waals surface area (Å²) in [5, 5.41) is 0.651. The second kappa shape index (κ2) is 5.94. The predicted molar refractivity (Wildman–Crippen MR) is 72.1 cm³/mol. The van der Waals surface area contributed by atoms with Gasteiger partial charge >= 0.3 is 0 Å². The van der Waals surface area contributed by atoms with E-state index in [0.717, 1.165) is 31.0 Å². The number of nitrogens with zero attached hydrogens (tertiary/aromatic N) is 2. The Kier molecular flexibility index (Phi) is 4.54. The van der Waals surface area contributed by atoms with Gasteiger partial charge in [0.2, 0.25) is 0 Å². The standard InChI is InChI=1S/C11H12Cl2N2OS/c12-9-7-14-10(13)6-8(9)11(16)15-2-1-4-17-5-3-15/h6-7H,1-5H2. The predicted octanol–water partition coefficient (Wildman–Crippen LogP) is 2.97. The van der Waals surface area contributed by atoms with Crippen LogP contribution in [0.15, 0.2) is 12.3 Å². The molecule has 1 aliphatic rings. The van der Waals surface area contributed by atoms with Crippen molar-refractivity contribution in [1.29, 1.82) is 0 Å². The van der Waals surface area contributed by atoms with E-state index < -0.39 is 0 Å². The summed E-state index contributed by atoms with van der Waals surface area (Å²) in [4.78, 5) is 17.9. The van der Waals surface area contributed by atoms with E-state index in [1.807, 2.05) is 16.7 Å². The van der Waals surface area contributed by atoms with Gasteiger partial charge in [-0.25, -0.2) is 4.98 Å². The lowest BCUT2D eigenvalue weighted by atomic mass is 10.2. The minimum Gasteiger partial charge on any atom is -0.338 e. The smallest absolute Gasteiger partial charge is 0.255 e. The van der Waals surface area contributed by atoms with Gasteiger partial charge in [0, 0.05) is 25.0 Å². The molecule has 1 amide bonds. The van der Waals surface area contributed by atoms with Crippen molar-refractivity contribution in [2.75, 3.05) is 24.6 Å². The van der Waals surface area contributed by atoms with E-state index in [2.05, 4.69) is 4.98 Å². The lowest BCUT2D eigenvalue weighted by Gasteiger charge is -2.20. The molecule has 0 N–H and O–H groups in total. The Bertz CT molecular complexity index is 420. The molecule has 3 nitrogen and oxygen atoms in total. The van der Waals surface area contributed by atoms with Gasteiger partial charge in [-0.15, -0.1) is 0 Å². The number of halogens is 2.